The van der Waals surface area contributed by atoms with Crippen molar-refractivity contribution < 1.29 is 9.53 Å². The van der Waals surface area contributed by atoms with Crippen molar-refractivity contribution in [2.45, 2.75) is 26.0 Å². The summed E-state index contributed by atoms with van der Waals surface area (Å²) in [5, 5.41) is 3.53. The minimum absolute atomic E-state index is 0.115. The van der Waals surface area contributed by atoms with Gasteiger partial charge in [0.15, 0.2) is 12.0 Å². The van der Waals surface area contributed by atoms with Gasteiger partial charge in [0.25, 0.3) is 0 Å². The normalized spacial score (nSPS) is 25.1. The van der Waals surface area contributed by atoms with Crippen LogP contribution in [-0.2, 0) is 9.53 Å². The molecule has 24 heavy (non-hydrogen) atoms. The molecule has 1 heterocycles. The number of ketones is 1. The molecule has 0 amide bonds. The fraction of sp³-hybridized carbons (Fsp3) is 0.286. The number of nitrogens with one attached hydrogen (secondary N) is 1. The van der Waals surface area contributed by atoms with Crippen molar-refractivity contribution in [2.24, 2.45) is 11.8 Å². The number of hydrogen-bond acceptors (Lipinski definition) is 3. The molecule has 2 aromatic carbocycles. The smallest absolute Gasteiger partial charge is 0.173 e. The van der Waals surface area contributed by atoms with Crippen molar-refractivity contribution in [3.8, 4) is 0 Å². The predicted octanol–water partition coefficient (Wildman–Crippen LogP) is 4.07. The first-order valence-corrected chi connectivity index (χ1v) is 8.59. The zero-order chi connectivity index (χ0) is 16.5. The average molecular weight is 319 g/mol. The Morgan fingerprint density at radius 2 is 1.67 bits per heavy atom. The Bertz CT molecular complexity index is 715. The van der Waals surface area contributed by atoms with Crippen LogP contribution in [0.4, 0.5) is 0 Å². The van der Waals surface area contributed by atoms with Crippen molar-refractivity contribution in [1.82, 2.24) is 5.32 Å². The second kappa shape index (κ2) is 6.16. The summed E-state index contributed by atoms with van der Waals surface area (Å²) >= 11 is 0. The van der Waals surface area contributed by atoms with Crippen molar-refractivity contribution in [2.75, 3.05) is 0 Å². The van der Waals surface area contributed by atoms with Crippen molar-refractivity contribution in [1.29, 1.82) is 0 Å². The SMILES string of the molecule is CCC(=O)[C@H]1C[C@H]1C1NC(c2ccccc2)=C(c2ccccc2)O1. The third-order valence-electron chi connectivity index (χ3n) is 4.85. The van der Waals surface area contributed by atoms with Gasteiger partial charge in [0.05, 0.1) is 5.70 Å². The van der Waals surface area contributed by atoms with Crippen molar-refractivity contribution in [3.63, 3.8) is 0 Å². The van der Waals surface area contributed by atoms with Gasteiger partial charge in [-0.15, -0.1) is 0 Å². The van der Waals surface area contributed by atoms with Gasteiger partial charge in [0, 0.05) is 29.4 Å². The Balaban J connectivity index is 1.63. The van der Waals surface area contributed by atoms with Crippen LogP contribution in [0.5, 0.6) is 0 Å². The minimum Gasteiger partial charge on any atom is -0.468 e. The van der Waals surface area contributed by atoms with Crippen LogP contribution < -0.4 is 5.32 Å². The lowest BCUT2D eigenvalue weighted by Gasteiger charge is -2.13. The van der Waals surface area contributed by atoms with Gasteiger partial charge in [-0.05, 0) is 6.42 Å². The molecule has 0 aromatic heterocycles. The summed E-state index contributed by atoms with van der Waals surface area (Å²) in [6.45, 7) is 1.93. The third kappa shape index (κ3) is 2.71. The molecule has 3 atom stereocenters. The molecular formula is C21H21NO2. The molecule has 1 saturated carbocycles. The third-order valence-corrected chi connectivity index (χ3v) is 4.85. The van der Waals surface area contributed by atoms with E-state index in [2.05, 4.69) is 29.6 Å². The Kier molecular flexibility index (Phi) is 3.85. The summed E-state index contributed by atoms with van der Waals surface area (Å²) < 4.78 is 6.28. The molecule has 1 fully saturated rings. The molecule has 0 radical (unpaired) electrons. The zero-order valence-electron chi connectivity index (χ0n) is 13.7. The first kappa shape index (κ1) is 15.0. The van der Waals surface area contributed by atoms with E-state index in [1.165, 1.54) is 0 Å². The van der Waals surface area contributed by atoms with Crippen LogP contribution >= 0.6 is 0 Å². The maximum Gasteiger partial charge on any atom is 0.173 e. The molecule has 1 aliphatic heterocycles. The van der Waals surface area contributed by atoms with Gasteiger partial charge in [0.2, 0.25) is 0 Å². The molecule has 2 aliphatic rings. The second-order valence-corrected chi connectivity index (χ2v) is 6.44. The second-order valence-electron chi connectivity index (χ2n) is 6.44. The first-order chi connectivity index (χ1) is 11.8. The minimum atomic E-state index is -0.115. The molecular weight excluding hydrogens is 298 g/mol. The topological polar surface area (TPSA) is 38.3 Å². The van der Waals surface area contributed by atoms with E-state index in [0.717, 1.165) is 29.0 Å². The summed E-state index contributed by atoms with van der Waals surface area (Å²) in [5.74, 6) is 1.65. The van der Waals surface area contributed by atoms with Crippen LogP contribution in [0.25, 0.3) is 11.5 Å². The highest BCUT2D eigenvalue weighted by atomic mass is 16.5. The van der Waals surface area contributed by atoms with Gasteiger partial charge in [-0.3, -0.25) is 4.79 Å². The lowest BCUT2D eigenvalue weighted by Crippen LogP contribution is -2.27. The van der Waals surface area contributed by atoms with E-state index in [1.54, 1.807) is 0 Å². The van der Waals surface area contributed by atoms with Gasteiger partial charge in [-0.2, -0.15) is 0 Å². The highest BCUT2D eigenvalue weighted by Gasteiger charge is 2.50. The highest BCUT2D eigenvalue weighted by molar-refractivity contribution is 5.89. The molecule has 3 heteroatoms. The number of hydrogen-bond donors (Lipinski definition) is 1. The average Bonchev–Trinajstić information content (AvgIpc) is 3.33. The van der Waals surface area contributed by atoms with Crippen LogP contribution in [0, 0.1) is 11.8 Å². The molecule has 122 valence electrons. The van der Waals surface area contributed by atoms with Crippen LogP contribution in [0.1, 0.15) is 30.9 Å². The molecule has 4 rings (SSSR count). The molecule has 1 N–H and O–H groups in total. The fourth-order valence-electron chi connectivity index (χ4n) is 3.42. The maximum atomic E-state index is 11.9. The first-order valence-electron chi connectivity index (χ1n) is 8.59. The summed E-state index contributed by atoms with van der Waals surface area (Å²) in [4.78, 5) is 11.9. The summed E-state index contributed by atoms with van der Waals surface area (Å²) in [5.41, 5.74) is 3.18. The zero-order valence-corrected chi connectivity index (χ0v) is 13.7. The molecule has 1 aliphatic carbocycles. The van der Waals surface area contributed by atoms with Gasteiger partial charge in [0.1, 0.15) is 5.78 Å². The molecule has 0 saturated heterocycles. The standard InChI is InChI=1S/C21H21NO2/c1-2-18(23)16-13-17(16)21-22-19(14-9-5-3-6-10-14)20(24-21)15-11-7-4-8-12-15/h3-12,16-17,21-22H,2,13H2,1H3/t16-,17+,21?/m0/s1. The molecule has 3 nitrogen and oxygen atoms in total. The van der Waals surface area contributed by atoms with E-state index >= 15 is 0 Å². The van der Waals surface area contributed by atoms with E-state index in [9.17, 15) is 4.79 Å². The van der Waals surface area contributed by atoms with E-state index in [-0.39, 0.29) is 18.1 Å². The molecule has 1 unspecified atom stereocenters. The Morgan fingerprint density at radius 3 is 2.29 bits per heavy atom. The van der Waals surface area contributed by atoms with Crippen LogP contribution in [0.3, 0.4) is 0 Å². The summed E-state index contributed by atoms with van der Waals surface area (Å²) in [6.07, 6.45) is 1.42. The van der Waals surface area contributed by atoms with Crippen LogP contribution in [0.2, 0.25) is 0 Å². The Hall–Kier alpha value is -2.55. The van der Waals surface area contributed by atoms with Crippen LogP contribution in [-0.4, -0.2) is 12.0 Å². The number of carbonyl (C=O) groups is 1. The fourth-order valence-corrected chi connectivity index (χ4v) is 3.42. The van der Waals surface area contributed by atoms with E-state index in [4.69, 9.17) is 4.74 Å². The maximum absolute atomic E-state index is 11.9. The van der Waals surface area contributed by atoms with Gasteiger partial charge in [-0.25, -0.2) is 0 Å². The summed E-state index contributed by atoms with van der Waals surface area (Å²) in [7, 11) is 0. The number of carbonyl (C=O) groups excluding carboxylic acids is 1. The van der Waals surface area contributed by atoms with E-state index in [1.807, 2.05) is 43.3 Å². The molecule has 0 spiro atoms. The lowest BCUT2D eigenvalue weighted by molar-refractivity contribution is -0.120. The van der Waals surface area contributed by atoms with Crippen molar-refractivity contribution in [3.05, 3.63) is 71.8 Å². The number of benzene rings is 2. The lowest BCUT2D eigenvalue weighted by atomic mass is 10.1. The quantitative estimate of drug-likeness (QED) is 0.902. The highest BCUT2D eigenvalue weighted by Crippen LogP contribution is 2.47. The Labute approximate surface area is 142 Å². The van der Waals surface area contributed by atoms with Gasteiger partial charge < -0.3 is 10.1 Å². The Morgan fingerprint density at radius 1 is 1.04 bits per heavy atom. The van der Waals surface area contributed by atoms with E-state index < -0.39 is 0 Å². The number of ether oxygens (including phenoxy) is 1. The predicted molar refractivity (Wildman–Crippen MR) is 94.6 cm³/mol. The van der Waals surface area contributed by atoms with Crippen LogP contribution in [0.15, 0.2) is 60.7 Å². The molecule has 0 bridgehead atoms. The summed E-state index contributed by atoms with van der Waals surface area (Å²) in [6, 6.07) is 20.4. The van der Waals surface area contributed by atoms with E-state index in [0.29, 0.717) is 12.2 Å². The number of rotatable bonds is 5. The number of Topliss-reactive ketones (excluding diaryl/α,β-unsaturated/α-hetero) is 1. The monoisotopic (exact) mass is 319 g/mol. The van der Waals surface area contributed by atoms with Crippen molar-refractivity contribution >= 4 is 17.2 Å². The van der Waals surface area contributed by atoms with Gasteiger partial charge >= 0.3 is 0 Å². The van der Waals surface area contributed by atoms with Gasteiger partial charge in [-0.1, -0.05) is 67.6 Å². The molecule has 2 aromatic rings. The largest absolute Gasteiger partial charge is 0.468 e.